The number of fused-ring (bicyclic) bond motifs is 8. The largest absolute Gasteiger partial charge is 0.440 e. The predicted molar refractivity (Wildman–Crippen MR) is 190 cm³/mol. The first-order valence-corrected chi connectivity index (χ1v) is 16.4. The maximum Gasteiger partial charge on any atom is 0.238 e. The molecule has 50 heavy (non-hydrogen) atoms. The molecule has 9 aromatic rings. The molecule has 10 rings (SSSR count). The molecule has 0 bridgehead atoms. The Morgan fingerprint density at radius 2 is 1.24 bits per heavy atom. The van der Waals surface area contributed by atoms with Gasteiger partial charge in [-0.1, -0.05) is 66.7 Å². The van der Waals surface area contributed by atoms with Crippen molar-refractivity contribution in [3.05, 3.63) is 162 Å². The number of hydrogen-bond acceptors (Lipinski definition) is 5. The standard InChI is InChI=1S/C42H25F2N5O/c43-26-17-13-24(14-18-26)39-46-40(25-15-19-27(44)20-16-25)48-42(47-39)49-36-11-5-3-9-31(36)32-22-21-30-28-7-1-2-8-29(28)34(23-33(30)38(32)49)41-45-35-10-4-6-12-37(35)50-41/h1-22,34H,23H2. The molecular formula is C42H25F2N5O. The summed E-state index contributed by atoms with van der Waals surface area (Å²) in [6.07, 6.45) is 0.632. The van der Waals surface area contributed by atoms with Gasteiger partial charge in [0.25, 0.3) is 0 Å². The second-order valence-electron chi connectivity index (χ2n) is 12.5. The van der Waals surface area contributed by atoms with Gasteiger partial charge in [0.2, 0.25) is 11.8 Å². The van der Waals surface area contributed by atoms with Gasteiger partial charge in [-0.25, -0.2) is 18.7 Å². The van der Waals surface area contributed by atoms with Gasteiger partial charge in [-0.2, -0.15) is 9.97 Å². The van der Waals surface area contributed by atoms with Crippen LogP contribution in [0.3, 0.4) is 0 Å². The van der Waals surface area contributed by atoms with Crippen molar-refractivity contribution < 1.29 is 13.2 Å². The van der Waals surface area contributed by atoms with Crippen molar-refractivity contribution >= 4 is 32.9 Å². The van der Waals surface area contributed by atoms with E-state index in [0.717, 1.165) is 55.2 Å². The second kappa shape index (κ2) is 11.0. The topological polar surface area (TPSA) is 69.6 Å². The van der Waals surface area contributed by atoms with Crippen LogP contribution < -0.4 is 0 Å². The highest BCUT2D eigenvalue weighted by Crippen LogP contribution is 2.47. The maximum absolute atomic E-state index is 14.0. The molecule has 0 spiro atoms. The molecule has 8 heteroatoms. The van der Waals surface area contributed by atoms with E-state index in [1.54, 1.807) is 24.3 Å². The summed E-state index contributed by atoms with van der Waals surface area (Å²) in [5.74, 6) is 0.969. The van der Waals surface area contributed by atoms with Gasteiger partial charge in [0, 0.05) is 21.9 Å². The Hall–Kier alpha value is -6.54. The van der Waals surface area contributed by atoms with E-state index in [1.165, 1.54) is 24.3 Å². The van der Waals surface area contributed by atoms with Crippen LogP contribution in [-0.4, -0.2) is 24.5 Å². The van der Waals surface area contributed by atoms with Crippen LogP contribution in [0.4, 0.5) is 8.78 Å². The number of benzene rings is 6. The van der Waals surface area contributed by atoms with Crippen LogP contribution >= 0.6 is 0 Å². The Bertz CT molecular complexity index is 2670. The monoisotopic (exact) mass is 653 g/mol. The average Bonchev–Trinajstić information content (AvgIpc) is 3.75. The number of rotatable bonds is 4. The van der Waals surface area contributed by atoms with Gasteiger partial charge >= 0.3 is 0 Å². The molecule has 1 unspecified atom stereocenters. The summed E-state index contributed by atoms with van der Waals surface area (Å²) in [5.41, 5.74) is 9.26. The molecule has 0 N–H and O–H groups in total. The number of halogens is 2. The minimum atomic E-state index is -0.357. The zero-order valence-corrected chi connectivity index (χ0v) is 26.4. The van der Waals surface area contributed by atoms with Crippen LogP contribution in [0.1, 0.15) is 22.9 Å². The Morgan fingerprint density at radius 3 is 1.98 bits per heavy atom. The molecule has 0 radical (unpaired) electrons. The Labute approximate surface area is 284 Å². The van der Waals surface area contributed by atoms with Gasteiger partial charge in [-0.3, -0.25) is 4.57 Å². The summed E-state index contributed by atoms with van der Waals surface area (Å²) in [4.78, 5) is 19.8. The van der Waals surface area contributed by atoms with Crippen LogP contribution in [0.15, 0.2) is 138 Å². The molecule has 0 fully saturated rings. The number of hydrogen-bond donors (Lipinski definition) is 0. The zero-order chi connectivity index (χ0) is 33.3. The van der Waals surface area contributed by atoms with Crippen molar-refractivity contribution in [3.63, 3.8) is 0 Å². The number of aromatic nitrogens is 5. The lowest BCUT2D eigenvalue weighted by Crippen LogP contribution is -2.15. The van der Waals surface area contributed by atoms with Crippen molar-refractivity contribution in [1.29, 1.82) is 0 Å². The Morgan fingerprint density at radius 1 is 0.580 bits per heavy atom. The van der Waals surface area contributed by atoms with Crippen molar-refractivity contribution in [1.82, 2.24) is 24.5 Å². The summed E-state index contributed by atoms with van der Waals surface area (Å²) in [6.45, 7) is 0. The molecule has 238 valence electrons. The fourth-order valence-electron chi connectivity index (χ4n) is 7.33. The highest BCUT2D eigenvalue weighted by atomic mass is 19.1. The SMILES string of the molecule is Fc1ccc(-c2nc(-c3ccc(F)cc3)nc(-n3c4ccccc4c4ccc5c(c43)CC(c3nc4ccccc4o3)c3ccccc3-5)n2)cc1. The van der Waals surface area contributed by atoms with Crippen molar-refractivity contribution in [2.45, 2.75) is 12.3 Å². The lowest BCUT2D eigenvalue weighted by Gasteiger charge is -2.27. The predicted octanol–water partition coefficient (Wildman–Crippen LogP) is 10.1. The Kier molecular flexibility index (Phi) is 6.26. The average molecular weight is 654 g/mol. The highest BCUT2D eigenvalue weighted by Gasteiger charge is 2.32. The summed E-state index contributed by atoms with van der Waals surface area (Å²) >= 11 is 0. The van der Waals surface area contributed by atoms with Crippen molar-refractivity contribution in [2.24, 2.45) is 0 Å². The quantitative estimate of drug-likeness (QED) is 0.189. The highest BCUT2D eigenvalue weighted by molar-refractivity contribution is 6.12. The van der Waals surface area contributed by atoms with E-state index in [0.29, 0.717) is 41.0 Å². The zero-order valence-electron chi connectivity index (χ0n) is 26.4. The molecule has 3 aromatic heterocycles. The lowest BCUT2D eigenvalue weighted by molar-refractivity contribution is 0.496. The van der Waals surface area contributed by atoms with Crippen LogP contribution in [0.25, 0.3) is 72.8 Å². The van der Waals surface area contributed by atoms with E-state index in [-0.39, 0.29) is 17.6 Å². The first-order valence-electron chi connectivity index (χ1n) is 16.4. The molecule has 1 aliphatic rings. The van der Waals surface area contributed by atoms with Gasteiger partial charge in [-0.15, -0.1) is 0 Å². The van der Waals surface area contributed by atoms with Crippen LogP contribution in [0.5, 0.6) is 0 Å². The van der Waals surface area contributed by atoms with E-state index in [9.17, 15) is 8.78 Å². The molecule has 3 heterocycles. The van der Waals surface area contributed by atoms with Gasteiger partial charge in [0.05, 0.1) is 17.0 Å². The van der Waals surface area contributed by atoms with Crippen LogP contribution in [0, 0.1) is 11.6 Å². The van der Waals surface area contributed by atoms with Gasteiger partial charge in [0.15, 0.2) is 17.2 Å². The summed E-state index contributed by atoms with van der Waals surface area (Å²) in [7, 11) is 0. The number of oxazole rings is 1. The molecule has 0 amide bonds. The first-order chi connectivity index (χ1) is 24.6. The molecule has 1 atom stereocenters. The van der Waals surface area contributed by atoms with Crippen LogP contribution in [0.2, 0.25) is 0 Å². The number of nitrogens with zero attached hydrogens (tertiary/aromatic N) is 5. The van der Waals surface area contributed by atoms with Crippen molar-refractivity contribution in [3.8, 4) is 39.9 Å². The van der Waals surface area contributed by atoms with Crippen molar-refractivity contribution in [2.75, 3.05) is 0 Å². The van der Waals surface area contributed by atoms with E-state index < -0.39 is 0 Å². The molecule has 0 saturated carbocycles. The minimum absolute atomic E-state index is 0.133. The van der Waals surface area contributed by atoms with E-state index in [1.807, 2.05) is 36.4 Å². The fourth-order valence-corrected chi connectivity index (χ4v) is 7.33. The smallest absolute Gasteiger partial charge is 0.238 e. The second-order valence-corrected chi connectivity index (χ2v) is 12.5. The molecule has 0 saturated heterocycles. The van der Waals surface area contributed by atoms with Gasteiger partial charge in [0.1, 0.15) is 17.2 Å². The molecule has 1 aliphatic carbocycles. The third-order valence-electron chi connectivity index (χ3n) is 9.61. The van der Waals surface area contributed by atoms with Gasteiger partial charge < -0.3 is 4.42 Å². The lowest BCUT2D eigenvalue weighted by atomic mass is 9.78. The maximum atomic E-state index is 14.0. The summed E-state index contributed by atoms with van der Waals surface area (Å²) in [5, 5.41) is 2.11. The summed E-state index contributed by atoms with van der Waals surface area (Å²) < 4.78 is 36.5. The Balaban J connectivity index is 1.27. The van der Waals surface area contributed by atoms with Crippen LogP contribution in [-0.2, 0) is 6.42 Å². The molecule has 6 nitrogen and oxygen atoms in total. The third kappa shape index (κ3) is 4.45. The van der Waals surface area contributed by atoms with Gasteiger partial charge in [-0.05, 0) is 95.4 Å². The molecule has 0 aliphatic heterocycles. The normalized spacial score (nSPS) is 13.9. The van der Waals surface area contributed by atoms with E-state index in [2.05, 4.69) is 53.1 Å². The van der Waals surface area contributed by atoms with E-state index in [4.69, 9.17) is 24.4 Å². The first kappa shape index (κ1) is 28.5. The summed E-state index contributed by atoms with van der Waals surface area (Å²) in [6, 6.07) is 41.0. The third-order valence-corrected chi connectivity index (χ3v) is 9.61. The fraction of sp³-hybridized carbons (Fsp3) is 0.0476. The number of para-hydroxylation sites is 3. The molecular weight excluding hydrogens is 628 g/mol. The van der Waals surface area contributed by atoms with E-state index >= 15 is 0 Å². The molecule has 6 aromatic carbocycles. The minimum Gasteiger partial charge on any atom is -0.440 e.